The Balaban J connectivity index is 1.41. The summed E-state index contributed by atoms with van der Waals surface area (Å²) in [5.41, 5.74) is -0.200. The molecule has 3 aliphatic rings. The molecule has 0 aliphatic heterocycles. The fourth-order valence-electron chi connectivity index (χ4n) is 7.65. The van der Waals surface area contributed by atoms with Gasteiger partial charge in [0.25, 0.3) is 0 Å². The number of nitrogens with zero attached hydrogens (tertiary/aromatic N) is 4. The second kappa shape index (κ2) is 17.3. The molecule has 0 radical (unpaired) electrons. The Kier molecular flexibility index (Phi) is 14.1. The first kappa shape index (κ1) is 37.5. The van der Waals surface area contributed by atoms with Crippen molar-refractivity contribution in [1.29, 1.82) is 0 Å². The van der Waals surface area contributed by atoms with Crippen LogP contribution in [0.4, 0.5) is 19.2 Å². The third-order valence-electron chi connectivity index (χ3n) is 10.2. The molecular formula is C34H64N8O4. The van der Waals surface area contributed by atoms with E-state index in [-0.39, 0.29) is 53.1 Å². The maximum Gasteiger partial charge on any atom is 0.317 e. The van der Waals surface area contributed by atoms with E-state index in [2.05, 4.69) is 42.0 Å². The molecule has 12 heteroatoms. The molecule has 0 saturated heterocycles. The van der Waals surface area contributed by atoms with Gasteiger partial charge in [0.05, 0.1) is 0 Å². The second-order valence-corrected chi connectivity index (χ2v) is 15.6. The minimum atomic E-state index is -0.192. The van der Waals surface area contributed by atoms with E-state index in [4.69, 9.17) is 0 Å². The van der Waals surface area contributed by atoms with Crippen LogP contribution in [0.2, 0.25) is 0 Å². The van der Waals surface area contributed by atoms with Gasteiger partial charge in [0.15, 0.2) is 0 Å². The minimum absolute atomic E-state index is 0.00796. The highest BCUT2D eigenvalue weighted by Crippen LogP contribution is 2.45. The van der Waals surface area contributed by atoms with Crippen molar-refractivity contribution >= 4 is 24.1 Å². The van der Waals surface area contributed by atoms with Crippen molar-refractivity contribution < 1.29 is 19.2 Å². The van der Waals surface area contributed by atoms with Crippen LogP contribution in [-0.4, -0.2) is 123 Å². The fourth-order valence-corrected chi connectivity index (χ4v) is 7.65. The lowest BCUT2D eigenvalue weighted by molar-refractivity contribution is 0.0715. The van der Waals surface area contributed by atoms with Gasteiger partial charge in [-0.1, -0.05) is 59.3 Å². The average molecular weight is 649 g/mol. The Hall–Kier alpha value is -2.92. The summed E-state index contributed by atoms with van der Waals surface area (Å²) in [5.74, 6) is 0. The number of carbonyl (C=O) groups is 4. The van der Waals surface area contributed by atoms with E-state index in [9.17, 15) is 19.2 Å². The standard InChI is InChI=1S/C34H64N8O4/c1-33(2)22-28(38-32(46)42(7)21-20-41(6)31(45)37-27-16-12-9-13-17-27)23-34(3,24-33)25-35-29(43)39(4)18-19-40(5)30(44)36-26-14-10-8-11-15-26/h26-28H,8-25H2,1-7H3,(H,35,43)(H,36,44)(H,37,45)(H,38,46). The molecule has 0 bridgehead atoms. The maximum atomic E-state index is 13.2. The predicted molar refractivity (Wildman–Crippen MR) is 183 cm³/mol. The van der Waals surface area contributed by atoms with E-state index < -0.39 is 0 Å². The van der Waals surface area contributed by atoms with Crippen LogP contribution in [-0.2, 0) is 0 Å². The van der Waals surface area contributed by atoms with Crippen LogP contribution in [0, 0.1) is 10.8 Å². The van der Waals surface area contributed by atoms with Gasteiger partial charge in [0.1, 0.15) is 0 Å². The van der Waals surface area contributed by atoms with Crippen molar-refractivity contribution in [1.82, 2.24) is 40.9 Å². The Labute approximate surface area is 278 Å². The molecule has 46 heavy (non-hydrogen) atoms. The summed E-state index contributed by atoms with van der Waals surface area (Å²) in [7, 11) is 7.07. The van der Waals surface area contributed by atoms with Crippen LogP contribution in [0.15, 0.2) is 0 Å². The van der Waals surface area contributed by atoms with Crippen LogP contribution in [0.5, 0.6) is 0 Å². The van der Waals surface area contributed by atoms with Gasteiger partial charge in [0.2, 0.25) is 0 Å². The van der Waals surface area contributed by atoms with Gasteiger partial charge in [-0.25, -0.2) is 19.2 Å². The molecule has 0 spiro atoms. The van der Waals surface area contributed by atoms with E-state index in [1.165, 1.54) is 12.8 Å². The number of likely N-dealkylation sites (N-methyl/N-ethyl adjacent to an activating group) is 4. The van der Waals surface area contributed by atoms with E-state index in [1.807, 2.05) is 0 Å². The summed E-state index contributed by atoms with van der Waals surface area (Å²) in [6, 6.07) is 0.0134. The summed E-state index contributed by atoms with van der Waals surface area (Å²) in [6.07, 6.45) is 13.8. The maximum absolute atomic E-state index is 13.2. The van der Waals surface area contributed by atoms with Gasteiger partial charge in [-0.15, -0.1) is 0 Å². The van der Waals surface area contributed by atoms with Crippen LogP contribution >= 0.6 is 0 Å². The Bertz CT molecular complexity index is 1010. The van der Waals surface area contributed by atoms with Gasteiger partial charge in [-0.05, 0) is 55.8 Å². The van der Waals surface area contributed by atoms with E-state index in [1.54, 1.807) is 47.8 Å². The Morgan fingerprint density at radius 2 is 0.913 bits per heavy atom. The average Bonchev–Trinajstić information content (AvgIpc) is 3.00. The van der Waals surface area contributed by atoms with Crippen LogP contribution < -0.4 is 21.3 Å². The second-order valence-electron chi connectivity index (χ2n) is 15.6. The zero-order valence-corrected chi connectivity index (χ0v) is 29.9. The molecule has 264 valence electrons. The summed E-state index contributed by atoms with van der Waals surface area (Å²) in [6.45, 7) is 8.90. The molecule has 4 N–H and O–H groups in total. The molecule has 3 saturated carbocycles. The quantitative estimate of drug-likeness (QED) is 0.257. The number of hydrogen-bond donors (Lipinski definition) is 4. The largest absolute Gasteiger partial charge is 0.337 e. The number of nitrogens with one attached hydrogen (secondary N) is 4. The zero-order chi connectivity index (χ0) is 33.9. The topological polar surface area (TPSA) is 129 Å². The summed E-state index contributed by atoms with van der Waals surface area (Å²) in [4.78, 5) is 57.9. The monoisotopic (exact) mass is 649 g/mol. The first-order chi connectivity index (χ1) is 21.7. The van der Waals surface area contributed by atoms with E-state index in [0.29, 0.717) is 32.7 Å². The van der Waals surface area contributed by atoms with E-state index >= 15 is 0 Å². The van der Waals surface area contributed by atoms with E-state index in [0.717, 1.165) is 70.6 Å². The lowest BCUT2D eigenvalue weighted by Gasteiger charge is -2.47. The van der Waals surface area contributed by atoms with Gasteiger partial charge in [-0.3, -0.25) is 0 Å². The normalized spacial score (nSPS) is 23.5. The Morgan fingerprint density at radius 1 is 0.543 bits per heavy atom. The number of hydrogen-bond acceptors (Lipinski definition) is 4. The summed E-state index contributed by atoms with van der Waals surface area (Å²) < 4.78 is 0. The molecule has 3 fully saturated rings. The molecule has 2 atom stereocenters. The molecule has 12 nitrogen and oxygen atoms in total. The van der Waals surface area contributed by atoms with Gasteiger partial charge in [0, 0.05) is 79.0 Å². The highest BCUT2D eigenvalue weighted by atomic mass is 16.2. The Morgan fingerprint density at radius 3 is 1.33 bits per heavy atom. The zero-order valence-electron chi connectivity index (χ0n) is 29.9. The molecule has 0 aromatic rings. The van der Waals surface area contributed by atoms with Crippen molar-refractivity contribution in [2.24, 2.45) is 10.8 Å². The number of urea groups is 4. The number of amides is 8. The molecule has 0 aromatic carbocycles. The molecule has 8 amide bonds. The van der Waals surface area contributed by atoms with Gasteiger partial charge in [-0.2, -0.15) is 0 Å². The van der Waals surface area contributed by atoms with Crippen LogP contribution in [0.25, 0.3) is 0 Å². The number of rotatable bonds is 11. The van der Waals surface area contributed by atoms with Crippen molar-refractivity contribution in [3.05, 3.63) is 0 Å². The van der Waals surface area contributed by atoms with Crippen molar-refractivity contribution in [2.45, 2.75) is 122 Å². The smallest absolute Gasteiger partial charge is 0.317 e. The van der Waals surface area contributed by atoms with Crippen molar-refractivity contribution in [3.8, 4) is 0 Å². The first-order valence-electron chi connectivity index (χ1n) is 17.7. The molecule has 0 aromatic heterocycles. The third kappa shape index (κ3) is 12.4. The molecule has 3 aliphatic carbocycles. The summed E-state index contributed by atoms with van der Waals surface area (Å²) in [5, 5.41) is 12.6. The van der Waals surface area contributed by atoms with Crippen LogP contribution in [0.3, 0.4) is 0 Å². The lowest BCUT2D eigenvalue weighted by Crippen LogP contribution is -2.54. The van der Waals surface area contributed by atoms with Crippen molar-refractivity contribution in [2.75, 3.05) is 60.9 Å². The molecule has 0 heterocycles. The first-order valence-corrected chi connectivity index (χ1v) is 17.7. The molecular weight excluding hydrogens is 584 g/mol. The third-order valence-corrected chi connectivity index (χ3v) is 10.2. The van der Waals surface area contributed by atoms with Gasteiger partial charge < -0.3 is 40.9 Å². The SMILES string of the molecule is CN(CCN(C)C(=O)NC1CCCCC1)C(=O)NCC1(C)CC(NC(=O)N(C)CCN(C)C(=O)NC2CCCCC2)CC(C)(C)C1. The number of carbonyl (C=O) groups excluding carboxylic acids is 4. The highest BCUT2D eigenvalue weighted by Gasteiger charge is 2.42. The van der Waals surface area contributed by atoms with Crippen LogP contribution in [0.1, 0.15) is 104 Å². The lowest BCUT2D eigenvalue weighted by atomic mass is 9.62. The highest BCUT2D eigenvalue weighted by molar-refractivity contribution is 5.76. The molecule has 3 rings (SSSR count). The molecule has 2 unspecified atom stereocenters. The fraction of sp³-hybridized carbons (Fsp3) is 0.882. The van der Waals surface area contributed by atoms with Crippen molar-refractivity contribution in [3.63, 3.8) is 0 Å². The predicted octanol–water partition coefficient (Wildman–Crippen LogP) is 4.80. The van der Waals surface area contributed by atoms with Gasteiger partial charge >= 0.3 is 24.1 Å². The minimum Gasteiger partial charge on any atom is -0.337 e. The summed E-state index contributed by atoms with van der Waals surface area (Å²) >= 11 is 0.